The molecule has 0 bridgehead atoms. The molecule has 9 heteroatoms. The molecule has 0 spiro atoms. The zero-order valence-electron chi connectivity index (χ0n) is 15.7. The molecule has 2 aliphatic heterocycles. The Morgan fingerprint density at radius 3 is 3.00 bits per heavy atom. The maximum absolute atomic E-state index is 13.7. The lowest BCUT2D eigenvalue weighted by molar-refractivity contribution is 0.218. The second-order valence-corrected chi connectivity index (χ2v) is 6.93. The molecule has 3 aromatic rings. The minimum Gasteiger partial charge on any atom is -0.497 e. The van der Waals surface area contributed by atoms with Crippen molar-refractivity contribution in [3.05, 3.63) is 53.6 Å². The Kier molecular flexibility index (Phi) is 4.08. The predicted molar refractivity (Wildman–Crippen MR) is 102 cm³/mol. The number of amides is 2. The van der Waals surface area contributed by atoms with Gasteiger partial charge < -0.3 is 14.4 Å². The van der Waals surface area contributed by atoms with Gasteiger partial charge in [-0.15, -0.1) is 0 Å². The van der Waals surface area contributed by atoms with E-state index >= 15 is 0 Å². The summed E-state index contributed by atoms with van der Waals surface area (Å²) in [5.41, 5.74) is 3.38. The summed E-state index contributed by atoms with van der Waals surface area (Å²) in [5, 5.41) is 6.95. The fourth-order valence-corrected chi connectivity index (χ4v) is 3.68. The number of nitrogens with zero attached hydrogens (tertiary/aromatic N) is 4. The average molecular weight is 395 g/mol. The van der Waals surface area contributed by atoms with Gasteiger partial charge >= 0.3 is 6.03 Å². The number of ether oxygens (including phenoxy) is 2. The summed E-state index contributed by atoms with van der Waals surface area (Å²) in [6.07, 6.45) is 1.74. The molecule has 1 fully saturated rings. The third-order valence-corrected chi connectivity index (χ3v) is 5.12. The molecule has 4 heterocycles. The molecule has 29 heavy (non-hydrogen) atoms. The average Bonchev–Trinajstić information content (AvgIpc) is 3.34. The maximum atomic E-state index is 13.7. The van der Waals surface area contributed by atoms with Crippen molar-refractivity contribution in [1.82, 2.24) is 20.1 Å². The van der Waals surface area contributed by atoms with Gasteiger partial charge in [0.2, 0.25) is 5.88 Å². The van der Waals surface area contributed by atoms with Gasteiger partial charge in [0, 0.05) is 36.8 Å². The van der Waals surface area contributed by atoms with Crippen molar-refractivity contribution in [2.24, 2.45) is 0 Å². The molecule has 0 atom stereocenters. The van der Waals surface area contributed by atoms with Crippen LogP contribution >= 0.6 is 0 Å². The first-order valence-electron chi connectivity index (χ1n) is 9.19. The summed E-state index contributed by atoms with van der Waals surface area (Å²) >= 11 is 0. The molecule has 0 saturated carbocycles. The Morgan fingerprint density at radius 1 is 1.24 bits per heavy atom. The fourth-order valence-electron chi connectivity index (χ4n) is 3.68. The maximum Gasteiger partial charge on any atom is 0.326 e. The first kappa shape index (κ1) is 17.5. The van der Waals surface area contributed by atoms with Crippen LogP contribution in [0.1, 0.15) is 11.3 Å². The van der Waals surface area contributed by atoms with Gasteiger partial charge in [-0.1, -0.05) is 0 Å². The van der Waals surface area contributed by atoms with E-state index in [4.69, 9.17) is 9.47 Å². The van der Waals surface area contributed by atoms with Gasteiger partial charge in [-0.2, -0.15) is 10.1 Å². The zero-order valence-corrected chi connectivity index (χ0v) is 15.7. The van der Waals surface area contributed by atoms with E-state index in [0.717, 1.165) is 16.8 Å². The summed E-state index contributed by atoms with van der Waals surface area (Å²) in [6, 6.07) is 7.96. The third-order valence-electron chi connectivity index (χ3n) is 5.12. The number of rotatable bonds is 4. The third kappa shape index (κ3) is 3.04. The molecule has 1 aromatic carbocycles. The second kappa shape index (κ2) is 6.77. The van der Waals surface area contributed by atoms with Gasteiger partial charge in [0.25, 0.3) is 0 Å². The summed E-state index contributed by atoms with van der Waals surface area (Å²) in [6.45, 7) is 1.67. The number of halogens is 1. The van der Waals surface area contributed by atoms with E-state index < -0.39 is 5.82 Å². The number of fused-ring (bicyclic) bond motifs is 3. The minimum absolute atomic E-state index is 0.180. The van der Waals surface area contributed by atoms with Crippen molar-refractivity contribution in [3.8, 4) is 22.8 Å². The number of pyridine rings is 1. The second-order valence-electron chi connectivity index (χ2n) is 6.93. The highest BCUT2D eigenvalue weighted by molar-refractivity contribution is 5.93. The Hall–Kier alpha value is -3.62. The molecule has 8 nitrogen and oxygen atoms in total. The number of urea groups is 1. The molecular weight excluding hydrogens is 377 g/mol. The molecule has 1 saturated heterocycles. The molecule has 1 N–H and O–H groups in total. The van der Waals surface area contributed by atoms with Gasteiger partial charge in [-0.3, -0.25) is 10.00 Å². The number of aromatic amines is 1. The van der Waals surface area contributed by atoms with Crippen LogP contribution in [-0.2, 0) is 13.2 Å². The van der Waals surface area contributed by atoms with Crippen LogP contribution in [0.2, 0.25) is 0 Å². The summed E-state index contributed by atoms with van der Waals surface area (Å²) in [5.74, 6) is 1.04. The summed E-state index contributed by atoms with van der Waals surface area (Å²) < 4.78 is 24.6. The monoisotopic (exact) mass is 395 g/mol. The lowest BCUT2D eigenvalue weighted by Gasteiger charge is -2.21. The van der Waals surface area contributed by atoms with Crippen molar-refractivity contribution in [2.75, 3.05) is 25.1 Å². The SMILES string of the molecule is COc1cc(F)cc(CN2CCN(c3ccc4c(n3)OCc3[nH]ncc3-4)C2=O)c1. The number of hydrogen-bond acceptors (Lipinski definition) is 5. The molecule has 2 amide bonds. The van der Waals surface area contributed by atoms with E-state index in [2.05, 4.69) is 15.2 Å². The lowest BCUT2D eigenvalue weighted by atomic mass is 10.1. The van der Waals surface area contributed by atoms with Crippen molar-refractivity contribution in [1.29, 1.82) is 0 Å². The predicted octanol–water partition coefficient (Wildman–Crippen LogP) is 2.95. The Labute approximate surface area is 165 Å². The van der Waals surface area contributed by atoms with Crippen molar-refractivity contribution < 1.29 is 18.7 Å². The van der Waals surface area contributed by atoms with Gasteiger partial charge in [-0.05, 0) is 29.8 Å². The number of anilines is 1. The fraction of sp³-hybridized carbons (Fsp3) is 0.250. The first-order valence-corrected chi connectivity index (χ1v) is 9.19. The highest BCUT2D eigenvalue weighted by Crippen LogP contribution is 2.37. The van der Waals surface area contributed by atoms with Crippen molar-refractivity contribution in [2.45, 2.75) is 13.2 Å². The molecule has 0 radical (unpaired) electrons. The molecule has 148 valence electrons. The number of methoxy groups -OCH3 is 1. The van der Waals surface area contributed by atoms with Gasteiger partial charge in [0.05, 0.1) is 19.0 Å². The molecule has 5 rings (SSSR count). The van der Waals surface area contributed by atoms with Crippen LogP contribution in [0.25, 0.3) is 11.1 Å². The normalized spacial score (nSPS) is 15.2. The van der Waals surface area contributed by atoms with E-state index in [9.17, 15) is 9.18 Å². The Morgan fingerprint density at radius 2 is 2.14 bits per heavy atom. The van der Waals surface area contributed by atoms with Gasteiger partial charge in [0.1, 0.15) is 24.0 Å². The molecule has 2 aromatic heterocycles. The number of hydrogen-bond donors (Lipinski definition) is 1. The van der Waals surface area contributed by atoms with E-state index in [1.807, 2.05) is 6.07 Å². The number of H-pyrrole nitrogens is 1. The largest absolute Gasteiger partial charge is 0.497 e. The zero-order chi connectivity index (χ0) is 20.0. The van der Waals surface area contributed by atoms with Gasteiger partial charge in [-0.25, -0.2) is 9.18 Å². The van der Waals surface area contributed by atoms with E-state index in [-0.39, 0.29) is 6.03 Å². The quantitative estimate of drug-likeness (QED) is 0.734. The number of benzene rings is 1. The van der Waals surface area contributed by atoms with E-state index in [0.29, 0.717) is 49.3 Å². The smallest absolute Gasteiger partial charge is 0.326 e. The Bertz CT molecular complexity index is 1100. The standard InChI is InChI=1S/C20H18FN5O3/c1-28-14-7-12(6-13(21)8-14)10-25-4-5-26(20(25)27)18-3-2-15-16-9-22-24-17(16)11-29-19(15)23-18/h2-3,6-9H,4-5,10-11H2,1H3,(H,22,24). The number of aromatic nitrogens is 3. The highest BCUT2D eigenvalue weighted by Gasteiger charge is 2.32. The summed E-state index contributed by atoms with van der Waals surface area (Å²) in [4.78, 5) is 20.7. The van der Waals surface area contributed by atoms with Crippen LogP contribution in [0, 0.1) is 5.82 Å². The van der Waals surface area contributed by atoms with Crippen molar-refractivity contribution in [3.63, 3.8) is 0 Å². The van der Waals surface area contributed by atoms with Crippen LogP contribution < -0.4 is 14.4 Å². The van der Waals surface area contributed by atoms with Crippen LogP contribution in [-0.4, -0.2) is 46.3 Å². The number of carbonyl (C=O) groups is 1. The van der Waals surface area contributed by atoms with Crippen LogP contribution in [0.5, 0.6) is 11.6 Å². The van der Waals surface area contributed by atoms with Crippen molar-refractivity contribution >= 4 is 11.8 Å². The van der Waals surface area contributed by atoms with Gasteiger partial charge in [0.15, 0.2) is 0 Å². The molecular formula is C20H18FN5O3. The lowest BCUT2D eigenvalue weighted by Crippen LogP contribution is -2.32. The molecule has 0 aliphatic carbocycles. The van der Waals surface area contributed by atoms with Crippen LogP contribution in [0.15, 0.2) is 36.5 Å². The molecule has 0 unspecified atom stereocenters. The Balaban J connectivity index is 1.36. The van der Waals surface area contributed by atoms with E-state index in [1.54, 1.807) is 28.1 Å². The topological polar surface area (TPSA) is 83.6 Å². The first-order chi connectivity index (χ1) is 14.1. The van der Waals surface area contributed by atoms with Crippen LogP contribution in [0.4, 0.5) is 15.0 Å². The van der Waals surface area contributed by atoms with Crippen LogP contribution in [0.3, 0.4) is 0 Å². The molecule has 2 aliphatic rings. The van der Waals surface area contributed by atoms with E-state index in [1.165, 1.54) is 19.2 Å². The summed E-state index contributed by atoms with van der Waals surface area (Å²) in [7, 11) is 1.48. The minimum atomic E-state index is -0.394. The number of nitrogens with one attached hydrogen (secondary N) is 1. The highest BCUT2D eigenvalue weighted by atomic mass is 19.1. The number of carbonyl (C=O) groups excluding carboxylic acids is 1.